The molecule has 1 spiro atoms. The molecular formula is C14H22N4O4. The molecule has 3 atom stereocenters. The van der Waals surface area contributed by atoms with Crippen molar-refractivity contribution in [2.45, 2.75) is 31.3 Å². The normalized spacial score (nSPS) is 33.6. The molecule has 22 heavy (non-hydrogen) atoms. The molecule has 1 aliphatic carbocycles. The number of nitrogens with one attached hydrogen (secondary N) is 3. The Morgan fingerprint density at radius 2 is 2.00 bits per heavy atom. The number of carbonyl (C=O) groups excluding carboxylic acids is 2. The Labute approximate surface area is 128 Å². The van der Waals surface area contributed by atoms with E-state index < -0.39 is 5.97 Å². The third-order valence-corrected chi connectivity index (χ3v) is 4.98. The number of urea groups is 1. The van der Waals surface area contributed by atoms with Gasteiger partial charge in [-0.2, -0.15) is 0 Å². The third-order valence-electron chi connectivity index (χ3n) is 4.98. The van der Waals surface area contributed by atoms with Crippen molar-refractivity contribution in [2.75, 3.05) is 26.2 Å². The molecule has 0 aromatic carbocycles. The molecule has 0 unspecified atom stereocenters. The van der Waals surface area contributed by atoms with Crippen molar-refractivity contribution in [1.82, 2.24) is 20.9 Å². The van der Waals surface area contributed by atoms with E-state index in [0.29, 0.717) is 37.5 Å². The molecule has 8 nitrogen and oxygen atoms in total. The molecule has 4 N–H and O–H groups in total. The number of amides is 3. The number of carbonyl (C=O) groups is 3. The van der Waals surface area contributed by atoms with Gasteiger partial charge in [0.1, 0.15) is 0 Å². The molecule has 122 valence electrons. The van der Waals surface area contributed by atoms with Crippen LogP contribution in [-0.2, 0) is 9.59 Å². The lowest BCUT2D eigenvalue weighted by Crippen LogP contribution is -2.71. The molecule has 4 aliphatic rings. The first-order valence-corrected chi connectivity index (χ1v) is 7.68. The van der Waals surface area contributed by atoms with Gasteiger partial charge < -0.3 is 26.0 Å². The van der Waals surface area contributed by atoms with Gasteiger partial charge in [0.2, 0.25) is 5.91 Å². The Morgan fingerprint density at radius 3 is 2.41 bits per heavy atom. The van der Waals surface area contributed by atoms with E-state index in [2.05, 4.69) is 16.0 Å². The van der Waals surface area contributed by atoms with Gasteiger partial charge in [-0.1, -0.05) is 0 Å². The highest BCUT2D eigenvalue weighted by Crippen LogP contribution is 2.39. The first kappa shape index (κ1) is 15.1. The second-order valence-electron chi connectivity index (χ2n) is 6.68. The summed E-state index contributed by atoms with van der Waals surface area (Å²) in [5, 5.41) is 16.5. The monoisotopic (exact) mass is 310 g/mol. The van der Waals surface area contributed by atoms with Gasteiger partial charge in [-0.3, -0.25) is 9.59 Å². The van der Waals surface area contributed by atoms with Crippen LogP contribution >= 0.6 is 0 Å². The zero-order valence-electron chi connectivity index (χ0n) is 12.6. The van der Waals surface area contributed by atoms with Gasteiger partial charge in [-0.05, 0) is 25.3 Å². The van der Waals surface area contributed by atoms with Crippen LogP contribution in [0.25, 0.3) is 0 Å². The maximum atomic E-state index is 12.5. The number of nitrogens with zero attached hydrogens (tertiary/aromatic N) is 1. The fourth-order valence-electron chi connectivity index (χ4n) is 4.04. The lowest BCUT2D eigenvalue weighted by molar-refractivity contribution is -0.144. The number of hydrogen-bond acceptors (Lipinski definition) is 4. The SMILES string of the molecule is CC(=O)O.O=C1NCC2(CN(C(=O)[C@@H]3[C@H]4CC[C@@H]3NC4)C2)N1. The molecule has 0 aromatic heterocycles. The smallest absolute Gasteiger partial charge is 0.315 e. The van der Waals surface area contributed by atoms with E-state index in [9.17, 15) is 9.59 Å². The molecule has 3 heterocycles. The summed E-state index contributed by atoms with van der Waals surface area (Å²) in [6.07, 6.45) is 2.32. The van der Waals surface area contributed by atoms with Crippen LogP contribution < -0.4 is 16.0 Å². The molecule has 0 radical (unpaired) electrons. The summed E-state index contributed by atoms with van der Waals surface area (Å²) in [6, 6.07) is 0.292. The molecule has 0 aromatic rings. The number of piperidine rings is 1. The first-order valence-electron chi connectivity index (χ1n) is 7.68. The highest BCUT2D eigenvalue weighted by atomic mass is 16.4. The van der Waals surface area contributed by atoms with Crippen LogP contribution in [0.3, 0.4) is 0 Å². The summed E-state index contributed by atoms with van der Waals surface area (Å²) in [7, 11) is 0. The molecular weight excluding hydrogens is 288 g/mol. The lowest BCUT2D eigenvalue weighted by atomic mass is 9.87. The fraction of sp³-hybridized carbons (Fsp3) is 0.786. The van der Waals surface area contributed by atoms with Crippen LogP contribution in [-0.4, -0.2) is 65.7 Å². The van der Waals surface area contributed by atoms with Crippen LogP contribution in [0.15, 0.2) is 0 Å². The molecule has 1 saturated carbocycles. The molecule has 3 saturated heterocycles. The minimum atomic E-state index is -0.833. The number of carboxylic acid groups (broad SMARTS) is 1. The van der Waals surface area contributed by atoms with Gasteiger partial charge >= 0.3 is 6.03 Å². The van der Waals surface area contributed by atoms with Gasteiger partial charge in [0, 0.05) is 32.6 Å². The zero-order chi connectivity index (χ0) is 15.9. The molecule has 4 fully saturated rings. The molecule has 8 heteroatoms. The van der Waals surface area contributed by atoms with Crippen molar-refractivity contribution in [3.8, 4) is 0 Å². The summed E-state index contributed by atoms with van der Waals surface area (Å²) in [4.78, 5) is 34.5. The van der Waals surface area contributed by atoms with Crippen molar-refractivity contribution >= 4 is 17.9 Å². The molecule has 3 amide bonds. The second kappa shape index (κ2) is 5.42. The standard InChI is InChI=1S/C12H18N4O2.C2H4O2/c17-10(9-7-1-2-8(9)13-3-7)16-5-12(6-16)4-14-11(18)15-12;1-2(3)4/h7-9,13H,1-6H2,(H2,14,15,18);1H3,(H,3,4)/t7-,8-,9+;/m0./s1. The predicted molar refractivity (Wildman–Crippen MR) is 77.2 cm³/mol. The summed E-state index contributed by atoms with van der Waals surface area (Å²) in [6.45, 7) is 4.06. The van der Waals surface area contributed by atoms with Crippen LogP contribution in [0.2, 0.25) is 0 Å². The van der Waals surface area contributed by atoms with Crippen molar-refractivity contribution in [3.05, 3.63) is 0 Å². The summed E-state index contributed by atoms with van der Waals surface area (Å²) < 4.78 is 0. The average Bonchev–Trinajstić information content (AvgIpc) is 3.08. The van der Waals surface area contributed by atoms with Crippen molar-refractivity contribution in [3.63, 3.8) is 0 Å². The van der Waals surface area contributed by atoms with Crippen LogP contribution in [0.1, 0.15) is 19.8 Å². The van der Waals surface area contributed by atoms with Crippen molar-refractivity contribution in [1.29, 1.82) is 0 Å². The molecule has 2 bridgehead atoms. The Morgan fingerprint density at radius 1 is 1.32 bits per heavy atom. The Hall–Kier alpha value is -1.83. The number of aliphatic carboxylic acids is 1. The number of fused-ring (bicyclic) bond motifs is 2. The van der Waals surface area contributed by atoms with E-state index in [1.807, 2.05) is 4.90 Å². The van der Waals surface area contributed by atoms with Crippen LogP contribution in [0.4, 0.5) is 4.79 Å². The summed E-state index contributed by atoms with van der Waals surface area (Å²) >= 11 is 0. The van der Waals surface area contributed by atoms with Gasteiger partial charge in [-0.15, -0.1) is 0 Å². The fourth-order valence-corrected chi connectivity index (χ4v) is 4.04. The first-order chi connectivity index (χ1) is 10.4. The largest absolute Gasteiger partial charge is 0.481 e. The summed E-state index contributed by atoms with van der Waals surface area (Å²) in [5.74, 6) is 0.182. The van der Waals surface area contributed by atoms with E-state index in [1.54, 1.807) is 0 Å². The minimum Gasteiger partial charge on any atom is -0.481 e. The van der Waals surface area contributed by atoms with E-state index >= 15 is 0 Å². The Balaban J connectivity index is 0.000000325. The van der Waals surface area contributed by atoms with Crippen molar-refractivity contribution < 1.29 is 19.5 Å². The average molecular weight is 310 g/mol. The lowest BCUT2D eigenvalue weighted by Gasteiger charge is -2.48. The topological polar surface area (TPSA) is 111 Å². The van der Waals surface area contributed by atoms with E-state index in [0.717, 1.165) is 19.9 Å². The number of carboxylic acids is 1. The van der Waals surface area contributed by atoms with E-state index in [-0.39, 0.29) is 17.5 Å². The minimum absolute atomic E-state index is 0.107. The Bertz CT molecular complexity index is 479. The van der Waals surface area contributed by atoms with Gasteiger partial charge in [0.15, 0.2) is 0 Å². The second-order valence-corrected chi connectivity index (χ2v) is 6.68. The molecule has 4 rings (SSSR count). The zero-order valence-corrected chi connectivity index (χ0v) is 12.6. The highest BCUT2D eigenvalue weighted by molar-refractivity contribution is 5.84. The Kier molecular flexibility index (Phi) is 3.72. The summed E-state index contributed by atoms with van der Waals surface area (Å²) in [5.41, 5.74) is -0.183. The van der Waals surface area contributed by atoms with E-state index in [1.165, 1.54) is 6.42 Å². The van der Waals surface area contributed by atoms with Gasteiger partial charge in [0.25, 0.3) is 5.97 Å². The van der Waals surface area contributed by atoms with Gasteiger partial charge in [-0.25, -0.2) is 4.79 Å². The van der Waals surface area contributed by atoms with Crippen LogP contribution in [0.5, 0.6) is 0 Å². The maximum absolute atomic E-state index is 12.5. The van der Waals surface area contributed by atoms with Gasteiger partial charge in [0.05, 0.1) is 11.5 Å². The highest BCUT2D eigenvalue weighted by Gasteiger charge is 2.54. The molecule has 3 aliphatic heterocycles. The number of hydrogen-bond donors (Lipinski definition) is 4. The predicted octanol–water partition coefficient (Wildman–Crippen LogP) is -1.03. The number of likely N-dealkylation sites (tertiary alicyclic amines) is 1. The van der Waals surface area contributed by atoms with Crippen LogP contribution in [0, 0.1) is 11.8 Å². The third kappa shape index (κ3) is 2.63. The quantitative estimate of drug-likeness (QED) is 0.495. The van der Waals surface area contributed by atoms with Crippen molar-refractivity contribution in [2.24, 2.45) is 11.8 Å². The number of rotatable bonds is 1. The maximum Gasteiger partial charge on any atom is 0.315 e. The van der Waals surface area contributed by atoms with E-state index in [4.69, 9.17) is 9.90 Å².